The van der Waals surface area contributed by atoms with E-state index >= 15 is 0 Å². The average Bonchev–Trinajstić information content (AvgIpc) is 2.38. The number of nitrogens with zero attached hydrogens (tertiary/aromatic N) is 1. The zero-order valence-corrected chi connectivity index (χ0v) is 10.9. The molecule has 1 amide bonds. The lowest BCUT2D eigenvalue weighted by atomic mass is 9.79. The zero-order chi connectivity index (χ0) is 13.8. The Morgan fingerprint density at radius 3 is 2.58 bits per heavy atom. The molecule has 0 bridgehead atoms. The van der Waals surface area contributed by atoms with Crippen LogP contribution in [-0.4, -0.2) is 22.0 Å². The van der Waals surface area contributed by atoms with Crippen LogP contribution in [0.4, 0.5) is 5.82 Å². The normalized spacial score (nSPS) is 22.8. The largest absolute Gasteiger partial charge is 0.481 e. The standard InChI is InChI=1S/C14H18N2O3/c1-9-5-4-8-12(15-9)16-13(17)10-6-2-3-7-11(10)14(18)19/h4-5,8,10-11H,2-3,6-7H2,1H3,(H,18,19)(H,15,16,17)/t10-,11-/m0/s1. The maximum absolute atomic E-state index is 12.2. The molecule has 1 aromatic heterocycles. The number of carboxylic acid groups (broad SMARTS) is 1. The number of carbonyl (C=O) groups is 2. The topological polar surface area (TPSA) is 79.3 Å². The SMILES string of the molecule is Cc1cccc(NC(=O)[C@H]2CCCC[C@@H]2C(=O)O)n1. The number of aromatic nitrogens is 1. The van der Waals surface area contributed by atoms with E-state index in [0.717, 1.165) is 18.5 Å². The molecule has 5 heteroatoms. The molecule has 1 aromatic rings. The number of hydrogen-bond acceptors (Lipinski definition) is 3. The molecule has 1 aliphatic rings. The number of hydrogen-bond donors (Lipinski definition) is 2. The van der Waals surface area contributed by atoms with E-state index in [9.17, 15) is 14.7 Å². The summed E-state index contributed by atoms with van der Waals surface area (Å²) in [6.45, 7) is 1.84. The van der Waals surface area contributed by atoms with Crippen molar-refractivity contribution in [2.45, 2.75) is 32.6 Å². The molecule has 1 fully saturated rings. The highest BCUT2D eigenvalue weighted by Gasteiger charge is 2.35. The molecule has 0 unspecified atom stereocenters. The van der Waals surface area contributed by atoms with Gasteiger partial charge in [-0.3, -0.25) is 9.59 Å². The van der Waals surface area contributed by atoms with Gasteiger partial charge in [0.1, 0.15) is 5.82 Å². The van der Waals surface area contributed by atoms with E-state index in [1.54, 1.807) is 6.07 Å². The monoisotopic (exact) mass is 262 g/mol. The number of carboxylic acids is 1. The fourth-order valence-corrected chi connectivity index (χ4v) is 2.57. The van der Waals surface area contributed by atoms with Crippen molar-refractivity contribution >= 4 is 17.7 Å². The third kappa shape index (κ3) is 3.30. The summed E-state index contributed by atoms with van der Waals surface area (Å²) < 4.78 is 0. The molecule has 2 N–H and O–H groups in total. The Morgan fingerprint density at radius 1 is 1.26 bits per heavy atom. The molecular weight excluding hydrogens is 244 g/mol. The molecule has 2 atom stereocenters. The van der Waals surface area contributed by atoms with Crippen LogP contribution in [0.2, 0.25) is 0 Å². The van der Waals surface area contributed by atoms with Crippen LogP contribution in [-0.2, 0) is 9.59 Å². The second kappa shape index (κ2) is 5.82. The first kappa shape index (κ1) is 13.5. The average molecular weight is 262 g/mol. The first-order chi connectivity index (χ1) is 9.08. The molecule has 19 heavy (non-hydrogen) atoms. The van der Waals surface area contributed by atoms with Crippen LogP contribution in [0.1, 0.15) is 31.4 Å². The maximum atomic E-state index is 12.2. The van der Waals surface area contributed by atoms with Gasteiger partial charge in [-0.1, -0.05) is 18.9 Å². The van der Waals surface area contributed by atoms with Gasteiger partial charge in [0.15, 0.2) is 0 Å². The van der Waals surface area contributed by atoms with Crippen LogP contribution >= 0.6 is 0 Å². The Kier molecular flexibility index (Phi) is 4.14. The molecular formula is C14H18N2O3. The molecule has 1 heterocycles. The van der Waals surface area contributed by atoms with Crippen molar-refractivity contribution in [3.05, 3.63) is 23.9 Å². The Labute approximate surface area is 112 Å². The first-order valence-electron chi connectivity index (χ1n) is 6.55. The molecule has 0 radical (unpaired) electrons. The lowest BCUT2D eigenvalue weighted by molar-refractivity contribution is -0.147. The Bertz CT molecular complexity index is 487. The van der Waals surface area contributed by atoms with Crippen molar-refractivity contribution < 1.29 is 14.7 Å². The van der Waals surface area contributed by atoms with Gasteiger partial charge in [0.05, 0.1) is 11.8 Å². The number of aliphatic carboxylic acids is 1. The number of nitrogens with one attached hydrogen (secondary N) is 1. The zero-order valence-electron chi connectivity index (χ0n) is 10.9. The molecule has 5 nitrogen and oxygen atoms in total. The van der Waals surface area contributed by atoms with Crippen molar-refractivity contribution in [3.63, 3.8) is 0 Å². The quantitative estimate of drug-likeness (QED) is 0.875. The number of aryl methyl sites for hydroxylation is 1. The molecule has 0 spiro atoms. The Balaban J connectivity index is 2.07. The van der Waals surface area contributed by atoms with Crippen LogP contribution in [0.5, 0.6) is 0 Å². The molecule has 1 aliphatic carbocycles. The number of anilines is 1. The van der Waals surface area contributed by atoms with Gasteiger partial charge < -0.3 is 10.4 Å². The van der Waals surface area contributed by atoms with Crippen LogP contribution in [0.15, 0.2) is 18.2 Å². The van der Waals surface area contributed by atoms with Crippen LogP contribution in [0.3, 0.4) is 0 Å². The second-order valence-electron chi connectivity index (χ2n) is 4.99. The summed E-state index contributed by atoms with van der Waals surface area (Å²) in [7, 11) is 0. The number of pyridine rings is 1. The van der Waals surface area contributed by atoms with Gasteiger partial charge in [-0.15, -0.1) is 0 Å². The summed E-state index contributed by atoms with van der Waals surface area (Å²) in [4.78, 5) is 27.6. The van der Waals surface area contributed by atoms with E-state index in [-0.39, 0.29) is 5.91 Å². The van der Waals surface area contributed by atoms with E-state index in [0.29, 0.717) is 18.7 Å². The number of carbonyl (C=O) groups excluding carboxylic acids is 1. The van der Waals surface area contributed by atoms with Crippen molar-refractivity contribution in [2.75, 3.05) is 5.32 Å². The molecule has 1 saturated carbocycles. The second-order valence-corrected chi connectivity index (χ2v) is 4.99. The minimum absolute atomic E-state index is 0.231. The molecule has 0 saturated heterocycles. The van der Waals surface area contributed by atoms with Gasteiger partial charge in [-0.05, 0) is 31.9 Å². The molecule has 0 aromatic carbocycles. The van der Waals surface area contributed by atoms with Crippen molar-refractivity contribution in [2.24, 2.45) is 11.8 Å². The maximum Gasteiger partial charge on any atom is 0.307 e. The van der Waals surface area contributed by atoms with Crippen LogP contribution in [0.25, 0.3) is 0 Å². The molecule has 0 aliphatic heterocycles. The highest BCUT2D eigenvalue weighted by atomic mass is 16.4. The fraction of sp³-hybridized carbons (Fsp3) is 0.500. The Morgan fingerprint density at radius 2 is 1.95 bits per heavy atom. The molecule has 2 rings (SSSR count). The summed E-state index contributed by atoms with van der Waals surface area (Å²) in [5.41, 5.74) is 0.816. The number of amides is 1. The summed E-state index contributed by atoms with van der Waals surface area (Å²) in [6, 6.07) is 5.37. The Hall–Kier alpha value is -1.91. The lowest BCUT2D eigenvalue weighted by Gasteiger charge is -2.27. The first-order valence-corrected chi connectivity index (χ1v) is 6.55. The van der Waals surface area contributed by atoms with E-state index in [1.807, 2.05) is 19.1 Å². The predicted molar refractivity (Wildman–Crippen MR) is 70.7 cm³/mol. The third-order valence-electron chi connectivity index (χ3n) is 3.56. The summed E-state index contributed by atoms with van der Waals surface area (Å²) in [6.07, 6.45) is 3.00. The van der Waals surface area contributed by atoms with Gasteiger partial charge in [-0.25, -0.2) is 4.98 Å². The fourth-order valence-electron chi connectivity index (χ4n) is 2.57. The van der Waals surface area contributed by atoms with E-state index in [4.69, 9.17) is 0 Å². The van der Waals surface area contributed by atoms with E-state index < -0.39 is 17.8 Å². The summed E-state index contributed by atoms with van der Waals surface area (Å²) in [5, 5.41) is 11.9. The lowest BCUT2D eigenvalue weighted by Crippen LogP contribution is -2.36. The van der Waals surface area contributed by atoms with E-state index in [1.165, 1.54) is 0 Å². The number of rotatable bonds is 3. The van der Waals surface area contributed by atoms with Crippen LogP contribution < -0.4 is 5.32 Å². The van der Waals surface area contributed by atoms with Gasteiger partial charge in [-0.2, -0.15) is 0 Å². The van der Waals surface area contributed by atoms with Crippen molar-refractivity contribution in [1.82, 2.24) is 4.98 Å². The van der Waals surface area contributed by atoms with Crippen molar-refractivity contribution in [1.29, 1.82) is 0 Å². The van der Waals surface area contributed by atoms with E-state index in [2.05, 4.69) is 10.3 Å². The minimum Gasteiger partial charge on any atom is -0.481 e. The molecule has 102 valence electrons. The third-order valence-corrected chi connectivity index (χ3v) is 3.56. The van der Waals surface area contributed by atoms with Gasteiger partial charge in [0.2, 0.25) is 5.91 Å². The van der Waals surface area contributed by atoms with Gasteiger partial charge >= 0.3 is 5.97 Å². The summed E-state index contributed by atoms with van der Waals surface area (Å²) >= 11 is 0. The van der Waals surface area contributed by atoms with Gasteiger partial charge in [0, 0.05) is 5.69 Å². The van der Waals surface area contributed by atoms with Crippen molar-refractivity contribution in [3.8, 4) is 0 Å². The highest BCUT2D eigenvalue weighted by Crippen LogP contribution is 2.31. The van der Waals surface area contributed by atoms with Gasteiger partial charge in [0.25, 0.3) is 0 Å². The predicted octanol–water partition coefficient (Wildman–Crippen LogP) is 2.22. The smallest absolute Gasteiger partial charge is 0.307 e. The van der Waals surface area contributed by atoms with Crippen LogP contribution in [0, 0.1) is 18.8 Å². The highest BCUT2D eigenvalue weighted by molar-refractivity contribution is 5.94. The summed E-state index contributed by atoms with van der Waals surface area (Å²) in [5.74, 6) is -1.64. The minimum atomic E-state index is -0.878.